The van der Waals surface area contributed by atoms with E-state index in [0.29, 0.717) is 12.8 Å². The minimum atomic E-state index is -3.54. The van der Waals surface area contributed by atoms with E-state index in [-0.39, 0.29) is 18.0 Å². The number of ether oxygens (including phenoxy) is 2. The molecule has 0 unspecified atom stereocenters. The largest absolute Gasteiger partial charge is 0.466 e. The van der Waals surface area contributed by atoms with Crippen LogP contribution in [0.15, 0.2) is 35.2 Å². The third kappa shape index (κ3) is 4.12. The van der Waals surface area contributed by atoms with Crippen LogP contribution < -0.4 is 0 Å². The molecule has 1 aromatic carbocycles. The van der Waals surface area contributed by atoms with Crippen molar-refractivity contribution >= 4 is 22.0 Å². The van der Waals surface area contributed by atoms with Crippen molar-refractivity contribution in [2.45, 2.75) is 30.8 Å². The van der Waals surface area contributed by atoms with Gasteiger partial charge in [0.15, 0.2) is 6.10 Å². The first-order valence-corrected chi connectivity index (χ1v) is 9.13. The minimum absolute atomic E-state index is 0.240. The van der Waals surface area contributed by atoms with E-state index < -0.39 is 34.0 Å². The van der Waals surface area contributed by atoms with Crippen molar-refractivity contribution in [1.82, 2.24) is 4.31 Å². The molecule has 1 atom stereocenters. The summed E-state index contributed by atoms with van der Waals surface area (Å²) in [5, 5.41) is 0. The van der Waals surface area contributed by atoms with Crippen molar-refractivity contribution in [3.8, 4) is 0 Å². The summed E-state index contributed by atoms with van der Waals surface area (Å²) in [6.07, 6.45) is -0.244. The number of carbonyl (C=O) groups excluding carboxylic acids is 2. The third-order valence-electron chi connectivity index (χ3n) is 3.99. The maximum atomic E-state index is 12.5. The second kappa shape index (κ2) is 7.76. The molecule has 24 heavy (non-hydrogen) atoms. The van der Waals surface area contributed by atoms with Crippen LogP contribution in [0.25, 0.3) is 0 Å². The Kier molecular flexibility index (Phi) is 5.95. The molecule has 0 saturated carbocycles. The fourth-order valence-electron chi connectivity index (χ4n) is 2.56. The van der Waals surface area contributed by atoms with Crippen LogP contribution in [0.5, 0.6) is 0 Å². The summed E-state index contributed by atoms with van der Waals surface area (Å²) in [6, 6.07) is 8.20. The van der Waals surface area contributed by atoms with Crippen LogP contribution >= 0.6 is 0 Å². The van der Waals surface area contributed by atoms with E-state index in [2.05, 4.69) is 4.74 Å². The minimum Gasteiger partial charge on any atom is -0.466 e. The summed E-state index contributed by atoms with van der Waals surface area (Å²) in [5.74, 6) is -1.53. The molecule has 0 aromatic heterocycles. The molecule has 0 amide bonds. The van der Waals surface area contributed by atoms with Gasteiger partial charge in [-0.05, 0) is 31.9 Å². The van der Waals surface area contributed by atoms with E-state index in [1.54, 1.807) is 30.3 Å². The highest BCUT2D eigenvalue weighted by Crippen LogP contribution is 2.24. The van der Waals surface area contributed by atoms with Gasteiger partial charge in [-0.1, -0.05) is 18.2 Å². The van der Waals surface area contributed by atoms with Gasteiger partial charge in [-0.25, -0.2) is 13.2 Å². The molecule has 7 nitrogen and oxygen atoms in total. The van der Waals surface area contributed by atoms with Crippen molar-refractivity contribution in [2.75, 3.05) is 20.2 Å². The monoisotopic (exact) mass is 355 g/mol. The Bertz CT molecular complexity index is 680. The number of sulfonamides is 1. The van der Waals surface area contributed by atoms with Crippen molar-refractivity contribution in [3.63, 3.8) is 0 Å². The lowest BCUT2D eigenvalue weighted by Gasteiger charge is -2.30. The van der Waals surface area contributed by atoms with E-state index in [1.807, 2.05) is 0 Å². The maximum absolute atomic E-state index is 12.5. The lowest BCUT2D eigenvalue weighted by Crippen LogP contribution is -2.41. The average Bonchev–Trinajstić information content (AvgIpc) is 2.61. The molecule has 0 bridgehead atoms. The lowest BCUT2D eigenvalue weighted by atomic mass is 9.98. The Hall–Kier alpha value is -1.93. The van der Waals surface area contributed by atoms with E-state index in [0.717, 1.165) is 0 Å². The van der Waals surface area contributed by atoms with Crippen LogP contribution in [0, 0.1) is 5.92 Å². The maximum Gasteiger partial charge on any atom is 0.346 e. The van der Waals surface area contributed by atoms with Gasteiger partial charge in [0.25, 0.3) is 0 Å². The standard InChI is InChI=1S/C16H21NO6S/c1-12(15(18)22-2)23-16(19)13-8-10-17(11-9-13)24(20,21)14-6-4-3-5-7-14/h3-7,12-13H,8-11H2,1-2H3/t12-/m0/s1. The van der Waals surface area contributed by atoms with Crippen LogP contribution in [0.2, 0.25) is 0 Å². The predicted octanol–water partition coefficient (Wildman–Crippen LogP) is 1.19. The van der Waals surface area contributed by atoms with Crippen molar-refractivity contribution in [1.29, 1.82) is 0 Å². The number of piperidine rings is 1. The molecule has 1 aliphatic rings. The highest BCUT2D eigenvalue weighted by atomic mass is 32.2. The molecule has 1 aliphatic heterocycles. The molecule has 2 rings (SSSR count). The normalized spacial score (nSPS) is 17.9. The van der Waals surface area contributed by atoms with Crippen LogP contribution in [0.1, 0.15) is 19.8 Å². The number of methoxy groups -OCH3 is 1. The molecule has 0 radical (unpaired) electrons. The number of hydrogen-bond acceptors (Lipinski definition) is 6. The molecule has 0 N–H and O–H groups in total. The zero-order valence-electron chi connectivity index (χ0n) is 13.7. The average molecular weight is 355 g/mol. The third-order valence-corrected chi connectivity index (χ3v) is 5.91. The number of carbonyl (C=O) groups is 2. The highest BCUT2D eigenvalue weighted by Gasteiger charge is 2.33. The van der Waals surface area contributed by atoms with E-state index >= 15 is 0 Å². The van der Waals surface area contributed by atoms with Crippen LogP contribution in [0.4, 0.5) is 0 Å². The highest BCUT2D eigenvalue weighted by molar-refractivity contribution is 7.89. The van der Waals surface area contributed by atoms with Gasteiger partial charge in [-0.2, -0.15) is 4.31 Å². The predicted molar refractivity (Wildman–Crippen MR) is 85.5 cm³/mol. The molecule has 1 fully saturated rings. The summed E-state index contributed by atoms with van der Waals surface area (Å²) in [7, 11) is -2.32. The molecule has 1 heterocycles. The molecular formula is C16H21NO6S. The zero-order valence-corrected chi connectivity index (χ0v) is 14.5. The summed E-state index contributed by atoms with van der Waals surface area (Å²) in [5.41, 5.74) is 0. The first-order chi connectivity index (χ1) is 11.4. The van der Waals surface area contributed by atoms with E-state index in [1.165, 1.54) is 18.3 Å². The van der Waals surface area contributed by atoms with Gasteiger partial charge in [-0.15, -0.1) is 0 Å². The lowest BCUT2D eigenvalue weighted by molar-refractivity contribution is -0.168. The Morgan fingerprint density at radius 3 is 2.29 bits per heavy atom. The van der Waals surface area contributed by atoms with E-state index in [9.17, 15) is 18.0 Å². The number of rotatable bonds is 5. The van der Waals surface area contributed by atoms with Crippen molar-refractivity contribution in [3.05, 3.63) is 30.3 Å². The number of benzene rings is 1. The topological polar surface area (TPSA) is 90.0 Å². The quantitative estimate of drug-likeness (QED) is 0.737. The molecule has 1 saturated heterocycles. The number of hydrogen-bond donors (Lipinski definition) is 0. The fraction of sp³-hybridized carbons (Fsp3) is 0.500. The Morgan fingerprint density at radius 2 is 1.75 bits per heavy atom. The first-order valence-electron chi connectivity index (χ1n) is 7.69. The van der Waals surface area contributed by atoms with Gasteiger partial charge in [0, 0.05) is 13.1 Å². The van der Waals surface area contributed by atoms with Gasteiger partial charge in [0.05, 0.1) is 17.9 Å². The number of nitrogens with zero attached hydrogens (tertiary/aromatic N) is 1. The van der Waals surface area contributed by atoms with Crippen molar-refractivity contribution in [2.24, 2.45) is 5.92 Å². The van der Waals surface area contributed by atoms with Crippen LogP contribution in [-0.4, -0.2) is 51.0 Å². The summed E-state index contributed by atoms with van der Waals surface area (Å²) in [6.45, 7) is 1.92. The van der Waals surface area contributed by atoms with Gasteiger partial charge in [-0.3, -0.25) is 4.79 Å². The second-order valence-corrected chi connectivity index (χ2v) is 7.53. The summed E-state index contributed by atoms with van der Waals surface area (Å²) in [4.78, 5) is 23.6. The zero-order chi connectivity index (χ0) is 17.7. The van der Waals surface area contributed by atoms with E-state index in [4.69, 9.17) is 4.74 Å². The molecular weight excluding hydrogens is 334 g/mol. The Labute approximate surface area is 141 Å². The molecule has 132 valence electrons. The first kappa shape index (κ1) is 18.4. The molecule has 8 heteroatoms. The summed E-state index contributed by atoms with van der Waals surface area (Å²) >= 11 is 0. The van der Waals surface area contributed by atoms with Crippen LogP contribution in [-0.2, 0) is 29.1 Å². The SMILES string of the molecule is COC(=O)[C@H](C)OC(=O)C1CCN(S(=O)(=O)c2ccccc2)CC1. The van der Waals surface area contributed by atoms with Crippen LogP contribution in [0.3, 0.4) is 0 Å². The molecule has 0 aliphatic carbocycles. The Morgan fingerprint density at radius 1 is 1.17 bits per heavy atom. The second-order valence-electron chi connectivity index (χ2n) is 5.59. The summed E-state index contributed by atoms with van der Waals surface area (Å²) < 4.78 is 36.0. The molecule has 0 spiro atoms. The van der Waals surface area contributed by atoms with Gasteiger partial charge in [0.1, 0.15) is 0 Å². The smallest absolute Gasteiger partial charge is 0.346 e. The van der Waals surface area contributed by atoms with Gasteiger partial charge < -0.3 is 9.47 Å². The van der Waals surface area contributed by atoms with Gasteiger partial charge >= 0.3 is 11.9 Å². The molecule has 1 aromatic rings. The Balaban J connectivity index is 1.94. The van der Waals surface area contributed by atoms with Crippen molar-refractivity contribution < 1.29 is 27.5 Å². The van der Waals surface area contributed by atoms with Gasteiger partial charge in [0.2, 0.25) is 10.0 Å². The number of esters is 2. The fourth-order valence-corrected chi connectivity index (χ4v) is 4.05.